The highest BCUT2D eigenvalue weighted by Crippen LogP contribution is 2.18. The maximum Gasteiger partial charge on any atom is 0.149 e. The smallest absolute Gasteiger partial charge is 0.149 e. The zero-order chi connectivity index (χ0) is 13.0. The number of anilines is 1. The molecule has 0 bridgehead atoms. The lowest BCUT2D eigenvalue weighted by Crippen LogP contribution is -2.07. The van der Waals surface area contributed by atoms with E-state index >= 15 is 0 Å². The third-order valence-corrected chi connectivity index (χ3v) is 3.47. The molecule has 1 aromatic carbocycles. The Hall–Kier alpha value is -1.76. The second kappa shape index (κ2) is 5.72. The molecule has 18 heavy (non-hydrogen) atoms. The zero-order valence-corrected chi connectivity index (χ0v) is 11.2. The minimum atomic E-state index is -0.696. The second-order valence-electron chi connectivity index (χ2n) is 4.13. The molecule has 1 atom stereocenters. The van der Waals surface area contributed by atoms with E-state index in [0.717, 1.165) is 16.1 Å². The van der Waals surface area contributed by atoms with Crippen LogP contribution in [0.2, 0.25) is 0 Å². The predicted octanol–water partition coefficient (Wildman–Crippen LogP) is 2.90. The fourth-order valence-electron chi connectivity index (χ4n) is 1.51. The lowest BCUT2D eigenvalue weighted by atomic mass is 10.2. The summed E-state index contributed by atoms with van der Waals surface area (Å²) in [5, 5.41) is 11.8. The summed E-state index contributed by atoms with van der Waals surface area (Å²) in [4.78, 5) is 2.92. The van der Waals surface area contributed by atoms with E-state index in [-0.39, 0.29) is 0 Å². The molecule has 3 heteroatoms. The molecule has 0 saturated carbocycles. The molecule has 0 aliphatic rings. The Bertz CT molecular complexity index is 546. The van der Waals surface area contributed by atoms with Crippen molar-refractivity contribution in [2.75, 3.05) is 19.0 Å². The van der Waals surface area contributed by atoms with Crippen molar-refractivity contribution >= 4 is 17.0 Å². The van der Waals surface area contributed by atoms with Crippen LogP contribution in [0, 0.1) is 11.8 Å². The number of nitrogens with zero attached hydrogens (tertiary/aromatic N) is 1. The molecule has 1 unspecified atom stereocenters. The van der Waals surface area contributed by atoms with Crippen LogP contribution in [0.5, 0.6) is 0 Å². The number of hydrogen-bond donors (Lipinski definition) is 1. The van der Waals surface area contributed by atoms with Gasteiger partial charge >= 0.3 is 0 Å². The fourth-order valence-corrected chi connectivity index (χ4v) is 2.17. The lowest BCUT2D eigenvalue weighted by Gasteiger charge is -2.11. The Morgan fingerprint density at radius 2 is 1.89 bits per heavy atom. The van der Waals surface area contributed by atoms with Crippen molar-refractivity contribution in [1.82, 2.24) is 0 Å². The first kappa shape index (κ1) is 12.7. The van der Waals surface area contributed by atoms with Gasteiger partial charge in [0.25, 0.3) is 0 Å². The van der Waals surface area contributed by atoms with Crippen molar-refractivity contribution in [3.8, 4) is 11.8 Å². The first-order valence-corrected chi connectivity index (χ1v) is 6.55. The van der Waals surface area contributed by atoms with E-state index in [2.05, 4.69) is 11.8 Å². The molecule has 0 aliphatic carbocycles. The Labute approximate surface area is 112 Å². The van der Waals surface area contributed by atoms with Crippen LogP contribution in [0.4, 0.5) is 5.69 Å². The normalized spacial score (nSPS) is 11.5. The topological polar surface area (TPSA) is 23.5 Å². The Kier molecular flexibility index (Phi) is 4.03. The molecule has 0 spiro atoms. The monoisotopic (exact) mass is 257 g/mol. The molecule has 2 nitrogen and oxygen atoms in total. The van der Waals surface area contributed by atoms with Crippen molar-refractivity contribution in [2.45, 2.75) is 6.10 Å². The van der Waals surface area contributed by atoms with Crippen molar-refractivity contribution in [2.24, 2.45) is 0 Å². The lowest BCUT2D eigenvalue weighted by molar-refractivity contribution is 0.242. The summed E-state index contributed by atoms with van der Waals surface area (Å²) >= 11 is 1.51. The predicted molar refractivity (Wildman–Crippen MR) is 76.9 cm³/mol. The average molecular weight is 257 g/mol. The first-order chi connectivity index (χ1) is 8.66. The standard InChI is InChI=1S/C15H15NOS/c1-16(2)13-8-5-12(6-9-13)7-10-14(17)15-4-3-11-18-15/h3-6,8-9,11,14,17H,1-2H3. The van der Waals surface area contributed by atoms with Crippen LogP contribution in [0.3, 0.4) is 0 Å². The van der Waals surface area contributed by atoms with Gasteiger partial charge in [-0.1, -0.05) is 17.9 Å². The van der Waals surface area contributed by atoms with Crippen molar-refractivity contribution in [1.29, 1.82) is 0 Å². The molecule has 0 amide bonds. The third kappa shape index (κ3) is 3.13. The van der Waals surface area contributed by atoms with Crippen LogP contribution in [0.25, 0.3) is 0 Å². The van der Waals surface area contributed by atoms with Crippen molar-refractivity contribution in [3.05, 3.63) is 52.2 Å². The zero-order valence-electron chi connectivity index (χ0n) is 10.4. The van der Waals surface area contributed by atoms with Gasteiger partial charge in [-0.3, -0.25) is 0 Å². The maximum absolute atomic E-state index is 9.84. The highest BCUT2D eigenvalue weighted by Gasteiger charge is 2.03. The van der Waals surface area contributed by atoms with E-state index in [4.69, 9.17) is 0 Å². The van der Waals surface area contributed by atoms with Crippen molar-refractivity contribution in [3.63, 3.8) is 0 Å². The Morgan fingerprint density at radius 3 is 2.44 bits per heavy atom. The average Bonchev–Trinajstić information content (AvgIpc) is 2.90. The second-order valence-corrected chi connectivity index (χ2v) is 5.11. The quantitative estimate of drug-likeness (QED) is 0.836. The maximum atomic E-state index is 9.84. The van der Waals surface area contributed by atoms with Gasteiger partial charge in [0.15, 0.2) is 0 Å². The third-order valence-electron chi connectivity index (χ3n) is 2.55. The molecule has 1 heterocycles. The number of rotatable bonds is 2. The first-order valence-electron chi connectivity index (χ1n) is 5.67. The summed E-state index contributed by atoms with van der Waals surface area (Å²) in [6, 6.07) is 11.8. The van der Waals surface area contributed by atoms with E-state index in [1.807, 2.05) is 60.8 Å². The number of thiophene rings is 1. The molecule has 1 aromatic heterocycles. The summed E-state index contributed by atoms with van der Waals surface area (Å²) in [6.45, 7) is 0. The summed E-state index contributed by atoms with van der Waals surface area (Å²) < 4.78 is 0. The number of benzene rings is 1. The molecule has 0 aliphatic heterocycles. The summed E-state index contributed by atoms with van der Waals surface area (Å²) in [6.07, 6.45) is -0.696. The fraction of sp³-hybridized carbons (Fsp3) is 0.200. The van der Waals surface area contributed by atoms with E-state index in [0.29, 0.717) is 0 Å². The summed E-state index contributed by atoms with van der Waals surface area (Å²) in [7, 11) is 4.00. The Morgan fingerprint density at radius 1 is 1.17 bits per heavy atom. The van der Waals surface area contributed by atoms with Crippen LogP contribution in [-0.4, -0.2) is 19.2 Å². The van der Waals surface area contributed by atoms with Gasteiger partial charge in [-0.05, 0) is 35.7 Å². The van der Waals surface area contributed by atoms with Gasteiger partial charge in [-0.2, -0.15) is 0 Å². The molecular formula is C15H15NOS. The van der Waals surface area contributed by atoms with Gasteiger partial charge in [-0.15, -0.1) is 11.3 Å². The molecular weight excluding hydrogens is 242 g/mol. The van der Waals surface area contributed by atoms with Crippen LogP contribution in [0.15, 0.2) is 41.8 Å². The van der Waals surface area contributed by atoms with E-state index in [1.165, 1.54) is 11.3 Å². The molecule has 0 radical (unpaired) electrons. The number of aliphatic hydroxyl groups excluding tert-OH is 1. The van der Waals surface area contributed by atoms with Gasteiger partial charge in [0.1, 0.15) is 6.10 Å². The summed E-state index contributed by atoms with van der Waals surface area (Å²) in [5.74, 6) is 5.84. The van der Waals surface area contributed by atoms with Gasteiger partial charge < -0.3 is 10.0 Å². The summed E-state index contributed by atoms with van der Waals surface area (Å²) in [5.41, 5.74) is 2.05. The molecule has 0 fully saturated rings. The van der Waals surface area contributed by atoms with Gasteiger partial charge in [0.2, 0.25) is 0 Å². The molecule has 1 N–H and O–H groups in total. The molecule has 92 valence electrons. The van der Waals surface area contributed by atoms with E-state index in [1.54, 1.807) is 0 Å². The molecule has 0 saturated heterocycles. The number of hydrogen-bond acceptors (Lipinski definition) is 3. The highest BCUT2D eigenvalue weighted by atomic mass is 32.1. The Balaban J connectivity index is 2.10. The highest BCUT2D eigenvalue weighted by molar-refractivity contribution is 7.10. The van der Waals surface area contributed by atoms with Crippen molar-refractivity contribution < 1.29 is 5.11 Å². The van der Waals surface area contributed by atoms with Gasteiger partial charge in [0, 0.05) is 30.2 Å². The van der Waals surface area contributed by atoms with Crippen LogP contribution < -0.4 is 4.90 Å². The van der Waals surface area contributed by atoms with Crippen LogP contribution >= 0.6 is 11.3 Å². The minimum Gasteiger partial charge on any atom is -0.378 e. The number of aliphatic hydroxyl groups is 1. The van der Waals surface area contributed by atoms with Crippen LogP contribution in [-0.2, 0) is 0 Å². The van der Waals surface area contributed by atoms with Gasteiger partial charge in [-0.25, -0.2) is 0 Å². The van der Waals surface area contributed by atoms with E-state index < -0.39 is 6.10 Å². The van der Waals surface area contributed by atoms with Gasteiger partial charge in [0.05, 0.1) is 0 Å². The minimum absolute atomic E-state index is 0.696. The van der Waals surface area contributed by atoms with E-state index in [9.17, 15) is 5.11 Å². The molecule has 2 aromatic rings. The largest absolute Gasteiger partial charge is 0.378 e. The molecule has 2 rings (SSSR count). The SMILES string of the molecule is CN(C)c1ccc(C#CC(O)c2cccs2)cc1. The van der Waals surface area contributed by atoms with Crippen LogP contribution in [0.1, 0.15) is 16.5 Å².